The van der Waals surface area contributed by atoms with Crippen molar-refractivity contribution in [2.45, 2.75) is 19.9 Å². The Kier molecular flexibility index (Phi) is 3.75. The molecule has 90 valence electrons. The molecule has 7 heteroatoms. The minimum atomic E-state index is -0.0572. The number of H-pyrrole nitrogens is 1. The van der Waals surface area contributed by atoms with Gasteiger partial charge in [0.1, 0.15) is 17.3 Å². The lowest BCUT2D eigenvalue weighted by Crippen LogP contribution is -2.07. The number of halogens is 1. The van der Waals surface area contributed by atoms with Gasteiger partial charge in [0.05, 0.1) is 6.54 Å². The highest BCUT2D eigenvalue weighted by Crippen LogP contribution is 2.20. The van der Waals surface area contributed by atoms with Crippen molar-refractivity contribution in [3.63, 3.8) is 0 Å². The van der Waals surface area contributed by atoms with Crippen LogP contribution in [0.15, 0.2) is 16.5 Å². The highest BCUT2D eigenvalue weighted by Gasteiger charge is 2.07. The first kappa shape index (κ1) is 12.1. The summed E-state index contributed by atoms with van der Waals surface area (Å²) < 4.78 is 0. The van der Waals surface area contributed by atoms with Crippen molar-refractivity contribution in [2.75, 3.05) is 5.32 Å². The van der Waals surface area contributed by atoms with Gasteiger partial charge in [-0.05, 0) is 6.42 Å². The highest BCUT2D eigenvalue weighted by atomic mass is 35.5. The van der Waals surface area contributed by atoms with Gasteiger partial charge in [-0.3, -0.25) is 4.79 Å². The zero-order chi connectivity index (χ0) is 12.3. The van der Waals surface area contributed by atoms with Crippen molar-refractivity contribution in [1.29, 1.82) is 0 Å². The quantitative estimate of drug-likeness (QED) is 0.835. The lowest BCUT2D eigenvalue weighted by molar-refractivity contribution is 0.990. The summed E-state index contributed by atoms with van der Waals surface area (Å²) in [7, 11) is 0. The summed E-state index contributed by atoms with van der Waals surface area (Å²) in [5, 5.41) is 5.38. The first-order valence-electron chi connectivity index (χ1n) is 5.10. The average molecular weight is 271 g/mol. The molecule has 0 atom stereocenters. The summed E-state index contributed by atoms with van der Waals surface area (Å²) in [6.45, 7) is 2.50. The topological polar surface area (TPSA) is 70.7 Å². The summed E-state index contributed by atoms with van der Waals surface area (Å²) in [5.41, 5.74) is 1.71. The molecule has 2 N–H and O–H groups in total. The van der Waals surface area contributed by atoms with Crippen LogP contribution in [0.3, 0.4) is 0 Å². The van der Waals surface area contributed by atoms with Crippen LogP contribution in [0.5, 0.6) is 0 Å². The molecule has 0 radical (unpaired) electrons. The Balaban J connectivity index is 2.13. The van der Waals surface area contributed by atoms with Crippen molar-refractivity contribution in [3.05, 3.63) is 37.8 Å². The number of anilines is 1. The van der Waals surface area contributed by atoms with Crippen LogP contribution in [0.4, 0.5) is 5.82 Å². The Morgan fingerprint density at radius 3 is 3.00 bits per heavy atom. The summed E-state index contributed by atoms with van der Waals surface area (Å²) in [5.74, 6) is 0.708. The van der Waals surface area contributed by atoms with Crippen LogP contribution in [0.2, 0.25) is 5.15 Å². The van der Waals surface area contributed by atoms with Gasteiger partial charge >= 0.3 is 4.87 Å². The number of hydrogen-bond donors (Lipinski definition) is 2. The molecule has 0 aliphatic carbocycles. The molecule has 0 bridgehead atoms. The zero-order valence-electron chi connectivity index (χ0n) is 9.16. The SMILES string of the molecule is CCc1c(Cl)ncnc1NCc1csc(=O)[nH]1. The van der Waals surface area contributed by atoms with Crippen LogP contribution in [-0.2, 0) is 13.0 Å². The molecule has 17 heavy (non-hydrogen) atoms. The van der Waals surface area contributed by atoms with Gasteiger partial charge in [-0.1, -0.05) is 29.9 Å². The molecule has 0 aliphatic rings. The smallest absolute Gasteiger partial charge is 0.304 e. The van der Waals surface area contributed by atoms with Crippen LogP contribution < -0.4 is 10.2 Å². The van der Waals surface area contributed by atoms with Gasteiger partial charge in [0.25, 0.3) is 0 Å². The minimum absolute atomic E-state index is 0.0572. The van der Waals surface area contributed by atoms with E-state index in [2.05, 4.69) is 20.3 Å². The first-order valence-corrected chi connectivity index (χ1v) is 6.36. The zero-order valence-corrected chi connectivity index (χ0v) is 10.7. The fourth-order valence-corrected chi connectivity index (χ4v) is 2.28. The monoisotopic (exact) mass is 270 g/mol. The van der Waals surface area contributed by atoms with Crippen LogP contribution in [0.1, 0.15) is 18.2 Å². The van der Waals surface area contributed by atoms with Crippen LogP contribution in [0.25, 0.3) is 0 Å². The number of nitrogens with zero attached hydrogens (tertiary/aromatic N) is 2. The van der Waals surface area contributed by atoms with Crippen molar-refractivity contribution in [1.82, 2.24) is 15.0 Å². The van der Waals surface area contributed by atoms with E-state index in [0.29, 0.717) is 17.5 Å². The fourth-order valence-electron chi connectivity index (χ4n) is 1.44. The molecule has 0 amide bonds. The fraction of sp³-hybridized carbons (Fsp3) is 0.300. The first-order chi connectivity index (χ1) is 8.20. The van der Waals surface area contributed by atoms with E-state index in [9.17, 15) is 4.79 Å². The Morgan fingerprint density at radius 2 is 2.35 bits per heavy atom. The van der Waals surface area contributed by atoms with Gasteiger partial charge in [0.15, 0.2) is 0 Å². The Morgan fingerprint density at radius 1 is 1.53 bits per heavy atom. The molecule has 5 nitrogen and oxygen atoms in total. The molecule has 0 saturated carbocycles. The summed E-state index contributed by atoms with van der Waals surface area (Å²) in [4.78, 5) is 21.7. The van der Waals surface area contributed by atoms with E-state index < -0.39 is 0 Å². The summed E-state index contributed by atoms with van der Waals surface area (Å²) in [6, 6.07) is 0. The van der Waals surface area contributed by atoms with Crippen LogP contribution in [-0.4, -0.2) is 15.0 Å². The Hall–Kier alpha value is -1.40. The van der Waals surface area contributed by atoms with E-state index in [1.54, 1.807) is 5.38 Å². The number of thiazole rings is 1. The van der Waals surface area contributed by atoms with Gasteiger partial charge < -0.3 is 10.3 Å². The molecule has 2 aromatic heterocycles. The lowest BCUT2D eigenvalue weighted by atomic mass is 10.2. The molecule has 2 aromatic rings. The number of aromatic amines is 1. The second-order valence-electron chi connectivity index (χ2n) is 3.37. The second-order valence-corrected chi connectivity index (χ2v) is 4.57. The maximum Gasteiger partial charge on any atom is 0.304 e. The van der Waals surface area contributed by atoms with Gasteiger partial charge in [-0.15, -0.1) is 0 Å². The van der Waals surface area contributed by atoms with Crippen molar-refractivity contribution in [3.8, 4) is 0 Å². The predicted molar refractivity (Wildman–Crippen MR) is 68.7 cm³/mol. The van der Waals surface area contributed by atoms with Gasteiger partial charge in [-0.25, -0.2) is 9.97 Å². The lowest BCUT2D eigenvalue weighted by Gasteiger charge is -2.09. The van der Waals surface area contributed by atoms with Gasteiger partial charge in [-0.2, -0.15) is 0 Å². The molecule has 2 heterocycles. The van der Waals surface area contributed by atoms with Crippen molar-refractivity contribution in [2.24, 2.45) is 0 Å². The maximum absolute atomic E-state index is 11.0. The summed E-state index contributed by atoms with van der Waals surface area (Å²) in [6.07, 6.45) is 2.17. The van der Waals surface area contributed by atoms with E-state index in [4.69, 9.17) is 11.6 Å². The van der Waals surface area contributed by atoms with Crippen LogP contribution >= 0.6 is 22.9 Å². The molecular weight excluding hydrogens is 260 g/mol. The van der Waals surface area contributed by atoms with Gasteiger partial charge in [0, 0.05) is 16.6 Å². The standard InChI is InChI=1S/C10H11ClN4OS/c1-2-7-8(11)13-5-14-9(7)12-3-6-4-17-10(16)15-6/h4-5H,2-3H2,1H3,(H,15,16)(H,12,13,14). The van der Waals surface area contributed by atoms with E-state index in [0.717, 1.165) is 29.0 Å². The third-order valence-corrected chi connectivity index (χ3v) is 3.31. The second kappa shape index (κ2) is 5.29. The van der Waals surface area contributed by atoms with Crippen LogP contribution in [0, 0.1) is 0 Å². The maximum atomic E-state index is 11.0. The summed E-state index contributed by atoms with van der Waals surface area (Å²) >= 11 is 7.11. The predicted octanol–water partition coefficient (Wildman–Crippen LogP) is 2.05. The molecule has 0 aromatic carbocycles. The minimum Gasteiger partial charge on any atom is -0.364 e. The van der Waals surface area contributed by atoms with Gasteiger partial charge in [0.2, 0.25) is 0 Å². The van der Waals surface area contributed by atoms with E-state index in [1.165, 1.54) is 6.33 Å². The number of rotatable bonds is 4. The normalized spacial score (nSPS) is 10.5. The molecule has 0 saturated heterocycles. The molecule has 0 fully saturated rings. The number of aromatic nitrogens is 3. The van der Waals surface area contributed by atoms with Crippen molar-refractivity contribution >= 4 is 28.8 Å². The molecule has 0 aliphatic heterocycles. The molecule has 0 unspecified atom stereocenters. The Bertz CT molecular complexity index is 565. The third-order valence-electron chi connectivity index (χ3n) is 2.26. The van der Waals surface area contributed by atoms with E-state index in [-0.39, 0.29) is 4.87 Å². The van der Waals surface area contributed by atoms with E-state index in [1.807, 2.05) is 6.92 Å². The number of nitrogens with one attached hydrogen (secondary N) is 2. The van der Waals surface area contributed by atoms with Crippen molar-refractivity contribution < 1.29 is 0 Å². The van der Waals surface area contributed by atoms with E-state index >= 15 is 0 Å². The average Bonchev–Trinajstić information content (AvgIpc) is 2.72. The molecular formula is C10H11ClN4OS. The largest absolute Gasteiger partial charge is 0.364 e. The molecule has 0 spiro atoms. The highest BCUT2D eigenvalue weighted by molar-refractivity contribution is 7.07. The Labute approximate surface area is 107 Å². The third kappa shape index (κ3) is 2.83. The molecule has 2 rings (SSSR count). The number of hydrogen-bond acceptors (Lipinski definition) is 5.